The van der Waals surface area contributed by atoms with Gasteiger partial charge < -0.3 is 11.1 Å². The van der Waals surface area contributed by atoms with Crippen LogP contribution in [0.2, 0.25) is 0 Å². The standard InChI is InChI=1S/C15H24N2O.ClH/c1-10(2)9-13-5-7-14(8-6-13)12(4)17-15(18)11(3)16;/h5-8,10-12H,9,16H2,1-4H3,(H,17,18);1H/t11-,12?;/m0./s1. The van der Waals surface area contributed by atoms with Crippen molar-refractivity contribution in [3.8, 4) is 0 Å². The van der Waals surface area contributed by atoms with Crippen LogP contribution in [0.1, 0.15) is 44.9 Å². The highest BCUT2D eigenvalue weighted by Gasteiger charge is 2.12. The second-order valence-electron chi connectivity index (χ2n) is 5.36. The number of carbonyl (C=O) groups excluding carboxylic acids is 1. The molecule has 3 N–H and O–H groups in total. The molecule has 19 heavy (non-hydrogen) atoms. The molecule has 0 fully saturated rings. The van der Waals surface area contributed by atoms with Crippen LogP contribution in [0.5, 0.6) is 0 Å². The maximum absolute atomic E-state index is 11.5. The Bertz CT molecular complexity index is 388. The minimum atomic E-state index is -0.465. The van der Waals surface area contributed by atoms with Crippen LogP contribution < -0.4 is 11.1 Å². The molecule has 0 saturated carbocycles. The summed E-state index contributed by atoms with van der Waals surface area (Å²) in [5.74, 6) is 0.542. The average molecular weight is 285 g/mol. The van der Waals surface area contributed by atoms with Gasteiger partial charge in [0.15, 0.2) is 0 Å². The molecule has 0 heterocycles. The molecule has 1 rings (SSSR count). The van der Waals surface area contributed by atoms with Crippen LogP contribution in [0, 0.1) is 5.92 Å². The Labute approximate surface area is 122 Å². The van der Waals surface area contributed by atoms with Crippen molar-refractivity contribution < 1.29 is 4.79 Å². The Kier molecular flexibility index (Phi) is 7.72. The fraction of sp³-hybridized carbons (Fsp3) is 0.533. The summed E-state index contributed by atoms with van der Waals surface area (Å²) in [5, 5.41) is 2.89. The lowest BCUT2D eigenvalue weighted by atomic mass is 10.00. The summed E-state index contributed by atoms with van der Waals surface area (Å²) >= 11 is 0. The van der Waals surface area contributed by atoms with Crippen molar-refractivity contribution >= 4 is 18.3 Å². The summed E-state index contributed by atoms with van der Waals surface area (Å²) in [4.78, 5) is 11.5. The van der Waals surface area contributed by atoms with E-state index in [4.69, 9.17) is 5.73 Å². The van der Waals surface area contributed by atoms with E-state index in [1.165, 1.54) is 5.56 Å². The predicted octanol–water partition coefficient (Wildman–Crippen LogP) is 2.83. The fourth-order valence-electron chi connectivity index (χ4n) is 1.84. The van der Waals surface area contributed by atoms with E-state index in [0.29, 0.717) is 5.92 Å². The summed E-state index contributed by atoms with van der Waals surface area (Å²) in [6.45, 7) is 8.07. The lowest BCUT2D eigenvalue weighted by Crippen LogP contribution is -2.39. The Morgan fingerprint density at radius 2 is 1.68 bits per heavy atom. The molecule has 0 saturated heterocycles. The molecule has 0 aliphatic rings. The summed E-state index contributed by atoms with van der Waals surface area (Å²) in [6.07, 6.45) is 1.08. The van der Waals surface area contributed by atoms with Gasteiger partial charge in [-0.1, -0.05) is 38.1 Å². The lowest BCUT2D eigenvalue weighted by molar-refractivity contribution is -0.122. The Balaban J connectivity index is 0.00000324. The largest absolute Gasteiger partial charge is 0.348 e. The third-order valence-electron chi connectivity index (χ3n) is 2.90. The molecule has 0 bridgehead atoms. The summed E-state index contributed by atoms with van der Waals surface area (Å²) in [6, 6.07) is 7.94. The summed E-state index contributed by atoms with van der Waals surface area (Å²) in [7, 11) is 0. The van der Waals surface area contributed by atoms with Gasteiger partial charge in [0.2, 0.25) is 5.91 Å². The average Bonchev–Trinajstić information content (AvgIpc) is 2.28. The van der Waals surface area contributed by atoms with Gasteiger partial charge >= 0.3 is 0 Å². The zero-order valence-corrected chi connectivity index (χ0v) is 13.0. The van der Waals surface area contributed by atoms with E-state index >= 15 is 0 Å². The molecule has 1 amide bonds. The first-order valence-corrected chi connectivity index (χ1v) is 6.55. The van der Waals surface area contributed by atoms with Crippen LogP contribution in [0.3, 0.4) is 0 Å². The molecule has 1 aromatic carbocycles. The van der Waals surface area contributed by atoms with Crippen LogP contribution in [0.25, 0.3) is 0 Å². The number of benzene rings is 1. The second-order valence-corrected chi connectivity index (χ2v) is 5.36. The number of hydrogen-bond donors (Lipinski definition) is 2. The first-order valence-electron chi connectivity index (χ1n) is 6.55. The quantitative estimate of drug-likeness (QED) is 0.873. The molecule has 0 aliphatic carbocycles. The van der Waals surface area contributed by atoms with Crippen molar-refractivity contribution in [3.05, 3.63) is 35.4 Å². The van der Waals surface area contributed by atoms with E-state index in [-0.39, 0.29) is 24.4 Å². The van der Waals surface area contributed by atoms with Crippen molar-refractivity contribution in [2.45, 2.75) is 46.2 Å². The summed E-state index contributed by atoms with van der Waals surface area (Å²) in [5.41, 5.74) is 7.97. The van der Waals surface area contributed by atoms with Crippen molar-refractivity contribution in [2.75, 3.05) is 0 Å². The molecule has 4 heteroatoms. The maximum atomic E-state index is 11.5. The Morgan fingerprint density at radius 1 is 1.16 bits per heavy atom. The monoisotopic (exact) mass is 284 g/mol. The molecule has 3 nitrogen and oxygen atoms in total. The van der Waals surface area contributed by atoms with Crippen molar-refractivity contribution in [3.63, 3.8) is 0 Å². The number of nitrogens with two attached hydrogens (primary N) is 1. The van der Waals surface area contributed by atoms with E-state index in [1.807, 2.05) is 6.92 Å². The second kappa shape index (κ2) is 8.18. The molecular weight excluding hydrogens is 260 g/mol. The van der Waals surface area contributed by atoms with Crippen LogP contribution in [0.4, 0.5) is 0 Å². The molecule has 1 aromatic rings. The third kappa shape index (κ3) is 6.08. The molecule has 0 radical (unpaired) electrons. The minimum Gasteiger partial charge on any atom is -0.348 e. The van der Waals surface area contributed by atoms with Crippen LogP contribution >= 0.6 is 12.4 Å². The summed E-state index contributed by atoms with van der Waals surface area (Å²) < 4.78 is 0. The molecule has 0 aromatic heterocycles. The molecule has 0 aliphatic heterocycles. The van der Waals surface area contributed by atoms with Gasteiger partial charge in [0.05, 0.1) is 12.1 Å². The lowest BCUT2D eigenvalue weighted by Gasteiger charge is -2.16. The van der Waals surface area contributed by atoms with Gasteiger partial charge in [-0.3, -0.25) is 4.79 Å². The fourth-order valence-corrected chi connectivity index (χ4v) is 1.84. The van der Waals surface area contributed by atoms with Crippen LogP contribution in [-0.4, -0.2) is 11.9 Å². The van der Waals surface area contributed by atoms with E-state index in [2.05, 4.69) is 43.4 Å². The molecular formula is C15H25ClN2O. The molecule has 2 atom stereocenters. The highest BCUT2D eigenvalue weighted by atomic mass is 35.5. The number of carbonyl (C=O) groups is 1. The number of hydrogen-bond acceptors (Lipinski definition) is 2. The van der Waals surface area contributed by atoms with E-state index in [1.54, 1.807) is 6.92 Å². The predicted molar refractivity (Wildman–Crippen MR) is 82.4 cm³/mol. The highest BCUT2D eigenvalue weighted by Crippen LogP contribution is 2.15. The maximum Gasteiger partial charge on any atom is 0.237 e. The molecule has 1 unspecified atom stereocenters. The molecule has 108 valence electrons. The Morgan fingerprint density at radius 3 is 2.11 bits per heavy atom. The normalized spacial score (nSPS) is 13.6. The van der Waals surface area contributed by atoms with Crippen LogP contribution in [-0.2, 0) is 11.2 Å². The van der Waals surface area contributed by atoms with Crippen LogP contribution in [0.15, 0.2) is 24.3 Å². The number of rotatable bonds is 5. The van der Waals surface area contributed by atoms with E-state index in [0.717, 1.165) is 12.0 Å². The Hall–Kier alpha value is -1.06. The zero-order valence-electron chi connectivity index (χ0n) is 12.1. The number of halogens is 1. The minimum absolute atomic E-state index is 0. The zero-order chi connectivity index (χ0) is 13.7. The van der Waals surface area contributed by atoms with Gasteiger partial charge in [0, 0.05) is 0 Å². The highest BCUT2D eigenvalue weighted by molar-refractivity contribution is 5.85. The van der Waals surface area contributed by atoms with Gasteiger partial charge in [-0.15, -0.1) is 12.4 Å². The van der Waals surface area contributed by atoms with Gasteiger partial charge in [-0.2, -0.15) is 0 Å². The number of nitrogens with one attached hydrogen (secondary N) is 1. The van der Waals surface area contributed by atoms with Crippen molar-refractivity contribution in [1.29, 1.82) is 0 Å². The first kappa shape index (κ1) is 17.9. The SMILES string of the molecule is CC(C)Cc1ccc(C(C)NC(=O)[C@H](C)N)cc1.Cl. The third-order valence-corrected chi connectivity index (χ3v) is 2.90. The van der Waals surface area contributed by atoms with Gasteiger partial charge in [-0.25, -0.2) is 0 Å². The van der Waals surface area contributed by atoms with Gasteiger partial charge in [0.25, 0.3) is 0 Å². The number of amides is 1. The molecule has 0 spiro atoms. The van der Waals surface area contributed by atoms with Gasteiger partial charge in [0.1, 0.15) is 0 Å². The smallest absolute Gasteiger partial charge is 0.237 e. The van der Waals surface area contributed by atoms with Crippen molar-refractivity contribution in [1.82, 2.24) is 5.32 Å². The first-order chi connectivity index (χ1) is 8.40. The van der Waals surface area contributed by atoms with Crippen molar-refractivity contribution in [2.24, 2.45) is 11.7 Å². The van der Waals surface area contributed by atoms with E-state index < -0.39 is 6.04 Å². The van der Waals surface area contributed by atoms with E-state index in [9.17, 15) is 4.79 Å². The van der Waals surface area contributed by atoms with Gasteiger partial charge in [-0.05, 0) is 37.3 Å². The topological polar surface area (TPSA) is 55.1 Å².